The van der Waals surface area contributed by atoms with Crippen molar-refractivity contribution in [3.05, 3.63) is 17.8 Å². The smallest absolute Gasteiger partial charge is 0.354 e. The number of carboxylic acid groups (broad SMARTS) is 1. The van der Waals surface area contributed by atoms with Crippen LogP contribution in [0.1, 0.15) is 23.3 Å². The van der Waals surface area contributed by atoms with Crippen LogP contribution < -0.4 is 11.1 Å². The van der Waals surface area contributed by atoms with Crippen LogP contribution in [-0.4, -0.2) is 35.3 Å². The predicted molar refractivity (Wildman–Crippen MR) is 63.1 cm³/mol. The number of nitrogens with one attached hydrogen (secondary N) is 1. The molecular formula is C11H15N3O3. The third-order valence-corrected chi connectivity index (χ3v) is 2.91. The number of nitrogens with zero attached hydrogens (tertiary/aromatic N) is 1. The minimum atomic E-state index is -1.06. The summed E-state index contributed by atoms with van der Waals surface area (Å²) in [5.41, 5.74) is 6.18. The van der Waals surface area contributed by atoms with Gasteiger partial charge in [-0.1, -0.05) is 0 Å². The molecule has 0 amide bonds. The lowest BCUT2D eigenvalue weighted by atomic mass is 9.89. The zero-order valence-electron chi connectivity index (χ0n) is 9.51. The molecule has 0 saturated heterocycles. The van der Waals surface area contributed by atoms with Crippen molar-refractivity contribution < 1.29 is 14.6 Å². The van der Waals surface area contributed by atoms with Crippen molar-refractivity contribution in [3.8, 4) is 0 Å². The van der Waals surface area contributed by atoms with Crippen LogP contribution in [0.4, 0.5) is 11.5 Å². The summed E-state index contributed by atoms with van der Waals surface area (Å²) in [6.07, 6.45) is 2.04. The molecule has 0 spiro atoms. The second kappa shape index (κ2) is 4.58. The monoisotopic (exact) mass is 237 g/mol. The number of anilines is 2. The third kappa shape index (κ3) is 2.47. The van der Waals surface area contributed by atoms with Crippen molar-refractivity contribution in [2.24, 2.45) is 0 Å². The van der Waals surface area contributed by atoms with Gasteiger partial charge in [0.2, 0.25) is 0 Å². The molecule has 1 fully saturated rings. The van der Waals surface area contributed by atoms with E-state index in [1.165, 1.54) is 6.07 Å². The van der Waals surface area contributed by atoms with E-state index in [9.17, 15) is 4.79 Å². The van der Waals surface area contributed by atoms with Gasteiger partial charge in [0.05, 0.1) is 11.8 Å². The summed E-state index contributed by atoms with van der Waals surface area (Å²) in [5, 5.41) is 12.0. The SMILES string of the molecule is COC1CC(Nc2nc(C(=O)O)ccc2N)C1. The second-order valence-corrected chi connectivity index (χ2v) is 4.11. The molecule has 0 unspecified atom stereocenters. The molecule has 0 aliphatic heterocycles. The predicted octanol–water partition coefficient (Wildman–Crippen LogP) is 0.951. The van der Waals surface area contributed by atoms with Gasteiger partial charge in [-0.25, -0.2) is 9.78 Å². The Bertz CT molecular complexity index is 430. The molecule has 1 heterocycles. The van der Waals surface area contributed by atoms with Crippen LogP contribution in [0.25, 0.3) is 0 Å². The first-order chi connectivity index (χ1) is 8.10. The Balaban J connectivity index is 2.05. The molecule has 0 aromatic carbocycles. The average molecular weight is 237 g/mol. The lowest BCUT2D eigenvalue weighted by molar-refractivity contribution is 0.0328. The van der Waals surface area contributed by atoms with Crippen LogP contribution >= 0.6 is 0 Å². The normalized spacial score (nSPS) is 22.9. The highest BCUT2D eigenvalue weighted by molar-refractivity contribution is 5.86. The Morgan fingerprint density at radius 2 is 2.29 bits per heavy atom. The van der Waals surface area contributed by atoms with Crippen LogP contribution in [0.5, 0.6) is 0 Å². The maximum atomic E-state index is 10.8. The van der Waals surface area contributed by atoms with Gasteiger partial charge in [0.1, 0.15) is 5.82 Å². The summed E-state index contributed by atoms with van der Waals surface area (Å²) in [5.74, 6) is -0.624. The van der Waals surface area contributed by atoms with Crippen molar-refractivity contribution in [1.82, 2.24) is 4.98 Å². The van der Waals surface area contributed by atoms with E-state index in [0.29, 0.717) is 11.5 Å². The topological polar surface area (TPSA) is 97.5 Å². The van der Waals surface area contributed by atoms with E-state index >= 15 is 0 Å². The zero-order valence-corrected chi connectivity index (χ0v) is 9.51. The van der Waals surface area contributed by atoms with Crippen molar-refractivity contribution >= 4 is 17.5 Å². The largest absolute Gasteiger partial charge is 0.477 e. The number of hydrogen-bond acceptors (Lipinski definition) is 5. The Morgan fingerprint density at radius 3 is 2.88 bits per heavy atom. The first-order valence-electron chi connectivity index (χ1n) is 5.39. The first kappa shape index (κ1) is 11.7. The van der Waals surface area contributed by atoms with E-state index in [0.717, 1.165) is 12.8 Å². The Morgan fingerprint density at radius 1 is 1.59 bits per heavy atom. The fourth-order valence-electron chi connectivity index (χ4n) is 1.77. The summed E-state index contributed by atoms with van der Waals surface area (Å²) in [4.78, 5) is 14.7. The quantitative estimate of drug-likeness (QED) is 0.721. The molecule has 1 aliphatic rings. The van der Waals surface area contributed by atoms with Gasteiger partial charge in [-0.3, -0.25) is 0 Å². The Kier molecular flexibility index (Phi) is 3.14. The number of nitrogens with two attached hydrogens (primary N) is 1. The lowest BCUT2D eigenvalue weighted by Gasteiger charge is -2.35. The van der Waals surface area contributed by atoms with Crippen LogP contribution in [-0.2, 0) is 4.74 Å². The highest BCUT2D eigenvalue weighted by atomic mass is 16.5. The minimum absolute atomic E-state index is 0.00989. The first-order valence-corrected chi connectivity index (χ1v) is 5.39. The molecule has 1 aliphatic carbocycles. The van der Waals surface area contributed by atoms with Gasteiger partial charge in [0, 0.05) is 13.2 Å². The maximum absolute atomic E-state index is 10.8. The summed E-state index contributed by atoms with van der Waals surface area (Å²) in [7, 11) is 1.68. The average Bonchev–Trinajstić information content (AvgIpc) is 2.24. The van der Waals surface area contributed by atoms with E-state index < -0.39 is 5.97 Å². The molecule has 92 valence electrons. The fraction of sp³-hybridized carbons (Fsp3) is 0.455. The third-order valence-electron chi connectivity index (χ3n) is 2.91. The highest BCUT2D eigenvalue weighted by Crippen LogP contribution is 2.27. The molecule has 0 bridgehead atoms. The highest BCUT2D eigenvalue weighted by Gasteiger charge is 2.29. The van der Waals surface area contributed by atoms with Gasteiger partial charge in [-0.2, -0.15) is 0 Å². The Labute approximate surface area is 98.8 Å². The van der Waals surface area contributed by atoms with Crippen molar-refractivity contribution in [3.63, 3.8) is 0 Å². The van der Waals surface area contributed by atoms with Crippen LogP contribution in [0.2, 0.25) is 0 Å². The molecule has 2 rings (SSSR count). The Hall–Kier alpha value is -1.82. The van der Waals surface area contributed by atoms with Gasteiger partial charge in [-0.05, 0) is 25.0 Å². The number of pyridine rings is 1. The van der Waals surface area contributed by atoms with Crippen molar-refractivity contribution in [2.75, 3.05) is 18.2 Å². The summed E-state index contributed by atoms with van der Waals surface area (Å²) in [6, 6.07) is 3.19. The molecule has 6 heteroatoms. The molecule has 0 atom stereocenters. The van der Waals surface area contributed by atoms with Gasteiger partial charge in [-0.15, -0.1) is 0 Å². The van der Waals surface area contributed by atoms with Crippen molar-refractivity contribution in [2.45, 2.75) is 25.0 Å². The number of methoxy groups -OCH3 is 1. The van der Waals surface area contributed by atoms with Gasteiger partial charge in [0.15, 0.2) is 5.69 Å². The lowest BCUT2D eigenvalue weighted by Crippen LogP contribution is -2.40. The van der Waals surface area contributed by atoms with Gasteiger partial charge < -0.3 is 20.9 Å². The van der Waals surface area contributed by atoms with E-state index in [-0.39, 0.29) is 17.8 Å². The number of carbonyl (C=O) groups is 1. The van der Waals surface area contributed by atoms with Crippen LogP contribution in [0.3, 0.4) is 0 Å². The van der Waals surface area contributed by atoms with E-state index in [1.807, 2.05) is 0 Å². The molecule has 0 radical (unpaired) electrons. The number of aromatic carboxylic acids is 1. The fourth-order valence-corrected chi connectivity index (χ4v) is 1.77. The van der Waals surface area contributed by atoms with E-state index in [4.69, 9.17) is 15.6 Å². The van der Waals surface area contributed by atoms with Crippen molar-refractivity contribution in [1.29, 1.82) is 0 Å². The maximum Gasteiger partial charge on any atom is 0.354 e. The molecule has 6 nitrogen and oxygen atoms in total. The number of aromatic nitrogens is 1. The molecule has 1 aromatic rings. The number of ether oxygens (including phenoxy) is 1. The van der Waals surface area contributed by atoms with E-state index in [2.05, 4.69) is 10.3 Å². The molecule has 1 saturated carbocycles. The number of rotatable bonds is 4. The van der Waals surface area contributed by atoms with Gasteiger partial charge >= 0.3 is 5.97 Å². The number of hydrogen-bond donors (Lipinski definition) is 3. The number of nitrogen functional groups attached to an aromatic ring is 1. The molecule has 1 aromatic heterocycles. The standard InChI is InChI=1S/C11H15N3O3/c1-17-7-4-6(5-7)13-10-8(12)2-3-9(14-10)11(15)16/h2-3,6-7H,4-5,12H2,1H3,(H,13,14)(H,15,16). The van der Waals surface area contributed by atoms with Crippen LogP contribution in [0.15, 0.2) is 12.1 Å². The summed E-state index contributed by atoms with van der Waals surface area (Å²) in [6.45, 7) is 0. The minimum Gasteiger partial charge on any atom is -0.477 e. The zero-order chi connectivity index (χ0) is 12.4. The molecular weight excluding hydrogens is 222 g/mol. The van der Waals surface area contributed by atoms with Crippen LogP contribution in [0, 0.1) is 0 Å². The van der Waals surface area contributed by atoms with Gasteiger partial charge in [0.25, 0.3) is 0 Å². The van der Waals surface area contributed by atoms with E-state index in [1.54, 1.807) is 13.2 Å². The summed E-state index contributed by atoms with van der Waals surface area (Å²) >= 11 is 0. The number of carboxylic acids is 1. The molecule has 17 heavy (non-hydrogen) atoms. The molecule has 4 N–H and O–H groups in total. The second-order valence-electron chi connectivity index (χ2n) is 4.11. The summed E-state index contributed by atoms with van der Waals surface area (Å²) < 4.78 is 5.16.